The molecule has 6 N–H and O–H groups in total. The number of carbonyl (C=O) groups is 3. The highest BCUT2D eigenvalue weighted by atomic mass is 16.5. The number of primary amides is 1. The molecule has 218 valence electrons. The number of carbonyl (C=O) groups excluding carboxylic acids is 3. The lowest BCUT2D eigenvalue weighted by atomic mass is 9.57. The molecular weight excluding hydrogens is 518 g/mol. The Bertz CT molecular complexity index is 1350. The number of hydrogen-bond acceptors (Lipinski definition) is 10. The Morgan fingerprint density at radius 2 is 1.80 bits per heavy atom. The number of ether oxygens (including phenoxy) is 1. The van der Waals surface area contributed by atoms with Crippen LogP contribution in [0.15, 0.2) is 23.0 Å². The van der Waals surface area contributed by atoms with Crippen molar-refractivity contribution >= 4 is 23.2 Å². The number of aliphatic hydroxyl groups excluding tert-OH is 2. The summed E-state index contributed by atoms with van der Waals surface area (Å²) < 4.78 is 5.79. The van der Waals surface area contributed by atoms with Gasteiger partial charge in [0.1, 0.15) is 28.6 Å². The number of benzene rings is 1. The number of likely N-dealkylation sites (N-methyl/N-ethyl adjacent to an activating group) is 1. The van der Waals surface area contributed by atoms with Crippen molar-refractivity contribution in [1.29, 1.82) is 0 Å². The van der Waals surface area contributed by atoms with Gasteiger partial charge in [0.15, 0.2) is 11.4 Å². The van der Waals surface area contributed by atoms with E-state index >= 15 is 0 Å². The first-order chi connectivity index (χ1) is 18.6. The minimum Gasteiger partial charge on any atom is -0.508 e. The molecule has 0 bridgehead atoms. The van der Waals surface area contributed by atoms with Crippen LogP contribution in [0.3, 0.4) is 0 Å². The quantitative estimate of drug-likeness (QED) is 0.309. The van der Waals surface area contributed by atoms with Crippen molar-refractivity contribution in [3.8, 4) is 11.5 Å². The Labute approximate surface area is 233 Å². The van der Waals surface area contributed by atoms with Gasteiger partial charge in [-0.3, -0.25) is 24.2 Å². The number of nitrogens with zero attached hydrogens (tertiary/aromatic N) is 2. The monoisotopic (exact) mass is 557 g/mol. The van der Waals surface area contributed by atoms with Gasteiger partial charge in [0.2, 0.25) is 5.78 Å². The van der Waals surface area contributed by atoms with Gasteiger partial charge in [-0.2, -0.15) is 0 Å². The number of ketones is 2. The molecule has 1 aromatic rings. The summed E-state index contributed by atoms with van der Waals surface area (Å²) in [7, 11) is 6.60. The van der Waals surface area contributed by atoms with E-state index in [1.807, 2.05) is 7.05 Å². The molecule has 0 spiro atoms. The molecule has 1 aromatic carbocycles. The van der Waals surface area contributed by atoms with Crippen LogP contribution < -0.4 is 10.5 Å². The molecule has 0 radical (unpaired) electrons. The number of phenolic OH excluding ortho intramolecular Hbond substituents is 1. The molecule has 1 amide bonds. The van der Waals surface area contributed by atoms with E-state index in [0.717, 1.165) is 0 Å². The van der Waals surface area contributed by atoms with E-state index in [2.05, 4.69) is 25.7 Å². The topological polar surface area (TPSA) is 174 Å². The zero-order valence-corrected chi connectivity index (χ0v) is 24.0. The smallest absolute Gasteiger partial charge is 0.255 e. The molecular formula is C29H39N3O8. The Morgan fingerprint density at radius 3 is 2.33 bits per heavy atom. The summed E-state index contributed by atoms with van der Waals surface area (Å²) in [6.07, 6.45) is 0.187. The number of Topliss-reactive ketones (excluding diaryl/α,β-unsaturated/α-hetero) is 2. The van der Waals surface area contributed by atoms with Crippen molar-refractivity contribution < 1.29 is 39.5 Å². The highest BCUT2D eigenvalue weighted by Gasteiger charge is 2.64. The Kier molecular flexibility index (Phi) is 7.55. The van der Waals surface area contributed by atoms with Crippen LogP contribution in [-0.2, 0) is 27.3 Å². The number of rotatable bonds is 7. The maximum absolute atomic E-state index is 13.9. The van der Waals surface area contributed by atoms with Gasteiger partial charge in [-0.05, 0) is 58.8 Å². The molecule has 0 unspecified atom stereocenters. The molecule has 0 aliphatic heterocycles. The second-order valence-corrected chi connectivity index (χ2v) is 11.8. The van der Waals surface area contributed by atoms with Crippen molar-refractivity contribution in [2.24, 2.45) is 23.5 Å². The van der Waals surface area contributed by atoms with Gasteiger partial charge in [-0.25, -0.2) is 0 Å². The number of aromatic hydroxyl groups is 1. The van der Waals surface area contributed by atoms with E-state index in [4.69, 9.17) is 10.5 Å². The standard InChI is InChI=1S/C29H39N3O8/c1-12(2)13(3)32(6)11-15-10-18(33)20-16(25(15)40-7)8-14-9-17-22(31(4)5)24(35)21(28(30)38)27(37)29(17,39)26(36)19(14)23(20)34/h10,12-14,17,22,33-34,37,39H,8-9,11H2,1-7H3,(H2,30,38)/t13-,14-,17-,22-,29-/m0/s1. The number of phenols is 1. The lowest BCUT2D eigenvalue weighted by Gasteiger charge is -2.50. The fraction of sp³-hybridized carbons (Fsp3) is 0.552. The van der Waals surface area contributed by atoms with Crippen LogP contribution in [0, 0.1) is 17.8 Å². The van der Waals surface area contributed by atoms with Crippen LogP contribution in [0.5, 0.6) is 11.5 Å². The largest absolute Gasteiger partial charge is 0.508 e. The minimum atomic E-state index is -2.67. The molecule has 11 nitrogen and oxygen atoms in total. The number of amides is 1. The maximum Gasteiger partial charge on any atom is 0.255 e. The van der Waals surface area contributed by atoms with Crippen LogP contribution in [0.2, 0.25) is 0 Å². The molecule has 5 atom stereocenters. The Balaban J connectivity index is 1.90. The molecule has 11 heteroatoms. The third-order valence-corrected chi connectivity index (χ3v) is 9.03. The van der Waals surface area contributed by atoms with Gasteiger partial charge in [0.25, 0.3) is 5.91 Å². The highest BCUT2D eigenvalue weighted by Crippen LogP contribution is 2.54. The summed E-state index contributed by atoms with van der Waals surface area (Å²) in [6.45, 7) is 6.79. The molecule has 3 aliphatic carbocycles. The molecule has 0 saturated heterocycles. The van der Waals surface area contributed by atoms with Crippen molar-refractivity contribution in [2.75, 3.05) is 28.3 Å². The first-order valence-electron chi connectivity index (χ1n) is 13.4. The van der Waals surface area contributed by atoms with Crippen molar-refractivity contribution in [1.82, 2.24) is 9.80 Å². The van der Waals surface area contributed by atoms with E-state index in [0.29, 0.717) is 29.3 Å². The van der Waals surface area contributed by atoms with E-state index in [1.54, 1.807) is 14.1 Å². The van der Waals surface area contributed by atoms with Crippen LogP contribution in [0.25, 0.3) is 5.76 Å². The molecule has 40 heavy (non-hydrogen) atoms. The lowest BCUT2D eigenvalue weighted by molar-refractivity contribution is -0.153. The number of fused-ring (bicyclic) bond motifs is 3. The first kappa shape index (κ1) is 29.6. The predicted molar refractivity (Wildman–Crippen MR) is 147 cm³/mol. The van der Waals surface area contributed by atoms with Crippen molar-refractivity contribution in [3.05, 3.63) is 39.7 Å². The predicted octanol–water partition coefficient (Wildman–Crippen LogP) is 1.45. The highest BCUT2D eigenvalue weighted by molar-refractivity contribution is 6.24. The van der Waals surface area contributed by atoms with Crippen molar-refractivity contribution in [3.63, 3.8) is 0 Å². The van der Waals surface area contributed by atoms with Crippen LogP contribution in [0.1, 0.15) is 43.9 Å². The molecule has 1 saturated carbocycles. The third-order valence-electron chi connectivity index (χ3n) is 9.03. The second-order valence-electron chi connectivity index (χ2n) is 11.8. The van der Waals surface area contributed by atoms with Crippen molar-refractivity contribution in [2.45, 2.75) is 57.8 Å². The van der Waals surface area contributed by atoms with E-state index < -0.39 is 58.0 Å². The summed E-state index contributed by atoms with van der Waals surface area (Å²) in [4.78, 5) is 42.9. The molecule has 4 rings (SSSR count). The van der Waals surface area contributed by atoms with Gasteiger partial charge in [-0.1, -0.05) is 13.8 Å². The van der Waals surface area contributed by atoms with Crippen LogP contribution >= 0.6 is 0 Å². The molecule has 3 aliphatic rings. The molecule has 0 aromatic heterocycles. The normalized spacial score (nSPS) is 27.2. The average Bonchev–Trinajstić information content (AvgIpc) is 2.85. The van der Waals surface area contributed by atoms with Crippen LogP contribution in [0.4, 0.5) is 0 Å². The zero-order valence-electron chi connectivity index (χ0n) is 24.0. The van der Waals surface area contributed by atoms with Crippen LogP contribution in [-0.4, -0.2) is 93.6 Å². The summed E-state index contributed by atoms with van der Waals surface area (Å²) >= 11 is 0. The van der Waals surface area contributed by atoms with Gasteiger partial charge in [0, 0.05) is 35.2 Å². The molecule has 0 heterocycles. The number of methoxy groups -OCH3 is 1. The Hall–Kier alpha value is -3.41. The number of hydrogen-bond donors (Lipinski definition) is 5. The van der Waals surface area contributed by atoms with Gasteiger partial charge >= 0.3 is 0 Å². The SMILES string of the molecule is COc1c(CN(C)[C@@H](C)C(C)C)cc(O)c2c1C[C@H]1C[C@H]3[C@H](N(C)C)C(=O)C(C(N)=O)=C(O)[C@@]3(O)C(=O)C1=C2O. The fourth-order valence-electron chi connectivity index (χ4n) is 6.65. The van der Waals surface area contributed by atoms with Gasteiger partial charge < -0.3 is 30.9 Å². The first-order valence-corrected chi connectivity index (χ1v) is 13.4. The number of nitrogens with two attached hydrogens (primary N) is 1. The summed E-state index contributed by atoms with van der Waals surface area (Å²) in [5.74, 6) is -5.95. The maximum atomic E-state index is 13.9. The number of aliphatic hydroxyl groups is 3. The minimum absolute atomic E-state index is 0.0106. The Morgan fingerprint density at radius 1 is 1.18 bits per heavy atom. The van der Waals surface area contributed by atoms with Gasteiger partial charge in [0.05, 0.1) is 18.7 Å². The fourth-order valence-corrected chi connectivity index (χ4v) is 6.65. The van der Waals surface area contributed by atoms with E-state index in [1.165, 1.54) is 18.1 Å². The third kappa shape index (κ3) is 4.18. The van der Waals surface area contributed by atoms with E-state index in [9.17, 15) is 34.8 Å². The summed E-state index contributed by atoms with van der Waals surface area (Å²) in [5.41, 5.74) is 2.89. The van der Waals surface area contributed by atoms with E-state index in [-0.39, 0.29) is 35.8 Å². The zero-order chi connectivity index (χ0) is 30.0. The second kappa shape index (κ2) is 10.2. The molecule has 1 fully saturated rings. The summed E-state index contributed by atoms with van der Waals surface area (Å²) in [5, 5.41) is 45.1. The summed E-state index contributed by atoms with van der Waals surface area (Å²) in [6, 6.07) is 0.590. The van der Waals surface area contributed by atoms with Gasteiger partial charge in [-0.15, -0.1) is 0 Å². The lowest BCUT2D eigenvalue weighted by Crippen LogP contribution is -2.65. The average molecular weight is 558 g/mol.